The third-order valence-corrected chi connectivity index (χ3v) is 2.90. The number of nitrogens with one attached hydrogen (secondary N) is 1. The van der Waals surface area contributed by atoms with E-state index < -0.39 is 4.92 Å². The first-order valence-electron chi connectivity index (χ1n) is 5.97. The summed E-state index contributed by atoms with van der Waals surface area (Å²) in [4.78, 5) is 26.2. The van der Waals surface area contributed by atoms with Crippen molar-refractivity contribution >= 4 is 17.4 Å². The molecule has 2 aromatic rings. The number of carbonyl (C=O) groups is 1. The zero-order valence-electron chi connectivity index (χ0n) is 11.1. The fourth-order valence-corrected chi connectivity index (χ4v) is 1.79. The number of benzene rings is 1. The first kappa shape index (κ1) is 13.7. The molecular formula is C14H13N3O3. The van der Waals surface area contributed by atoms with Gasteiger partial charge in [0.15, 0.2) is 0 Å². The monoisotopic (exact) mass is 271 g/mol. The molecule has 6 nitrogen and oxygen atoms in total. The minimum Gasteiger partial charge on any atom is -0.306 e. The molecule has 0 atom stereocenters. The lowest BCUT2D eigenvalue weighted by molar-refractivity contribution is -0.385. The van der Waals surface area contributed by atoms with Crippen molar-refractivity contribution in [2.24, 2.45) is 0 Å². The molecule has 102 valence electrons. The summed E-state index contributed by atoms with van der Waals surface area (Å²) in [5.74, 6) is 0.0383. The van der Waals surface area contributed by atoms with Crippen molar-refractivity contribution < 1.29 is 9.72 Å². The van der Waals surface area contributed by atoms with Gasteiger partial charge in [0, 0.05) is 11.6 Å². The molecule has 0 aliphatic heterocycles. The largest absolute Gasteiger partial charge is 0.306 e. The molecule has 0 aliphatic carbocycles. The van der Waals surface area contributed by atoms with Crippen molar-refractivity contribution in [1.82, 2.24) is 4.98 Å². The maximum Gasteiger partial charge on any atom is 0.287 e. The average molecular weight is 271 g/mol. The van der Waals surface area contributed by atoms with Gasteiger partial charge in [-0.3, -0.25) is 14.9 Å². The summed E-state index contributed by atoms with van der Waals surface area (Å²) in [7, 11) is 0. The molecule has 1 heterocycles. The molecule has 0 aliphatic rings. The average Bonchev–Trinajstić information content (AvgIpc) is 2.41. The van der Waals surface area contributed by atoms with Crippen molar-refractivity contribution in [1.29, 1.82) is 0 Å². The summed E-state index contributed by atoms with van der Waals surface area (Å²) in [5.41, 5.74) is 1.84. The maximum absolute atomic E-state index is 12.1. The van der Waals surface area contributed by atoms with Crippen LogP contribution in [0.2, 0.25) is 0 Å². The van der Waals surface area contributed by atoms with Gasteiger partial charge >= 0.3 is 0 Å². The van der Waals surface area contributed by atoms with Gasteiger partial charge in [0.25, 0.3) is 11.6 Å². The van der Waals surface area contributed by atoms with Gasteiger partial charge in [-0.2, -0.15) is 0 Å². The van der Waals surface area contributed by atoms with Crippen LogP contribution in [0.5, 0.6) is 0 Å². The SMILES string of the molecule is Cc1ccccc1C(=O)Nc1ncc([N+](=O)[O-])cc1C. The highest BCUT2D eigenvalue weighted by molar-refractivity contribution is 6.05. The molecule has 20 heavy (non-hydrogen) atoms. The van der Waals surface area contributed by atoms with E-state index in [1.807, 2.05) is 19.1 Å². The Labute approximate surface area is 115 Å². The zero-order valence-corrected chi connectivity index (χ0v) is 11.1. The number of anilines is 1. The Bertz CT molecular complexity index is 683. The van der Waals surface area contributed by atoms with Crippen LogP contribution in [0.15, 0.2) is 36.5 Å². The molecule has 0 saturated heterocycles. The normalized spacial score (nSPS) is 10.1. The highest BCUT2D eigenvalue weighted by atomic mass is 16.6. The fourth-order valence-electron chi connectivity index (χ4n) is 1.79. The molecule has 0 bridgehead atoms. The van der Waals surface area contributed by atoms with E-state index in [9.17, 15) is 14.9 Å². The third-order valence-electron chi connectivity index (χ3n) is 2.90. The van der Waals surface area contributed by atoms with Crippen molar-refractivity contribution in [3.05, 3.63) is 63.3 Å². The van der Waals surface area contributed by atoms with E-state index in [1.165, 1.54) is 6.07 Å². The number of aryl methyl sites for hydroxylation is 2. The summed E-state index contributed by atoms with van der Waals surface area (Å²) in [6.45, 7) is 3.50. The third kappa shape index (κ3) is 2.80. The molecular weight excluding hydrogens is 258 g/mol. The number of amides is 1. The summed E-state index contributed by atoms with van der Waals surface area (Å²) >= 11 is 0. The minimum atomic E-state index is -0.521. The maximum atomic E-state index is 12.1. The standard InChI is InChI=1S/C14H13N3O3/c1-9-5-3-4-6-12(9)14(18)16-13-10(2)7-11(8-15-13)17(19)20/h3-8H,1-2H3,(H,15,16,18). The van der Waals surface area contributed by atoms with Crippen molar-refractivity contribution in [3.63, 3.8) is 0 Å². The second-order valence-electron chi connectivity index (χ2n) is 4.39. The highest BCUT2D eigenvalue weighted by Crippen LogP contribution is 2.19. The molecule has 0 fully saturated rings. The van der Waals surface area contributed by atoms with Gasteiger partial charge in [0.05, 0.1) is 4.92 Å². The van der Waals surface area contributed by atoms with E-state index in [1.54, 1.807) is 19.1 Å². The number of aromatic nitrogens is 1. The molecule has 0 saturated carbocycles. The molecule has 2 rings (SSSR count). The minimum absolute atomic E-state index is 0.101. The van der Waals surface area contributed by atoms with Crippen LogP contribution in [0.25, 0.3) is 0 Å². The molecule has 1 aromatic heterocycles. The van der Waals surface area contributed by atoms with Gasteiger partial charge in [-0.25, -0.2) is 4.98 Å². The number of rotatable bonds is 3. The van der Waals surface area contributed by atoms with Crippen LogP contribution < -0.4 is 5.32 Å². The Hall–Kier alpha value is -2.76. The first-order valence-corrected chi connectivity index (χ1v) is 5.97. The lowest BCUT2D eigenvalue weighted by Crippen LogP contribution is -2.15. The molecule has 1 aromatic carbocycles. The van der Waals surface area contributed by atoms with Crippen LogP contribution in [-0.4, -0.2) is 15.8 Å². The molecule has 0 unspecified atom stereocenters. The van der Waals surface area contributed by atoms with Gasteiger partial charge < -0.3 is 5.32 Å². The van der Waals surface area contributed by atoms with E-state index in [-0.39, 0.29) is 11.6 Å². The highest BCUT2D eigenvalue weighted by Gasteiger charge is 2.13. The van der Waals surface area contributed by atoms with Crippen LogP contribution in [0.3, 0.4) is 0 Å². The number of hydrogen-bond donors (Lipinski definition) is 1. The van der Waals surface area contributed by atoms with E-state index in [0.717, 1.165) is 11.8 Å². The Kier molecular flexibility index (Phi) is 3.74. The van der Waals surface area contributed by atoms with Crippen LogP contribution >= 0.6 is 0 Å². The van der Waals surface area contributed by atoms with Gasteiger partial charge in [-0.05, 0) is 31.0 Å². The molecule has 0 radical (unpaired) electrons. The molecule has 1 amide bonds. The number of hydrogen-bond acceptors (Lipinski definition) is 4. The number of carbonyl (C=O) groups excluding carboxylic acids is 1. The van der Waals surface area contributed by atoms with Crippen molar-refractivity contribution in [3.8, 4) is 0 Å². The van der Waals surface area contributed by atoms with Crippen LogP contribution in [-0.2, 0) is 0 Å². The number of nitrogens with zero attached hydrogens (tertiary/aromatic N) is 2. The predicted molar refractivity (Wildman–Crippen MR) is 74.8 cm³/mol. The summed E-state index contributed by atoms with van der Waals surface area (Å²) < 4.78 is 0. The van der Waals surface area contributed by atoms with Gasteiger partial charge in [0.1, 0.15) is 12.0 Å². The Morgan fingerprint density at radius 3 is 2.55 bits per heavy atom. The van der Waals surface area contributed by atoms with E-state index in [0.29, 0.717) is 16.9 Å². The summed E-state index contributed by atoms with van der Waals surface area (Å²) in [5, 5.41) is 13.3. The Morgan fingerprint density at radius 2 is 1.95 bits per heavy atom. The quantitative estimate of drug-likeness (QED) is 0.687. The van der Waals surface area contributed by atoms with Crippen LogP contribution in [0.4, 0.5) is 11.5 Å². The van der Waals surface area contributed by atoms with Crippen molar-refractivity contribution in [2.75, 3.05) is 5.32 Å². The van der Waals surface area contributed by atoms with Gasteiger partial charge in [0.2, 0.25) is 0 Å². The fraction of sp³-hybridized carbons (Fsp3) is 0.143. The smallest absolute Gasteiger partial charge is 0.287 e. The van der Waals surface area contributed by atoms with Gasteiger partial charge in [-0.15, -0.1) is 0 Å². The number of nitro groups is 1. The van der Waals surface area contributed by atoms with E-state index in [2.05, 4.69) is 10.3 Å². The number of pyridine rings is 1. The van der Waals surface area contributed by atoms with Crippen LogP contribution in [0, 0.1) is 24.0 Å². The summed E-state index contributed by atoms with van der Waals surface area (Å²) in [6.07, 6.45) is 1.13. The first-order chi connectivity index (χ1) is 9.49. The molecule has 1 N–H and O–H groups in total. The summed E-state index contributed by atoms with van der Waals surface area (Å²) in [6, 6.07) is 8.55. The lowest BCUT2D eigenvalue weighted by Gasteiger charge is -2.08. The second-order valence-corrected chi connectivity index (χ2v) is 4.39. The predicted octanol–water partition coefficient (Wildman–Crippen LogP) is 2.86. The lowest BCUT2D eigenvalue weighted by atomic mass is 10.1. The Morgan fingerprint density at radius 1 is 1.25 bits per heavy atom. The molecule has 0 spiro atoms. The second kappa shape index (κ2) is 5.48. The van der Waals surface area contributed by atoms with E-state index >= 15 is 0 Å². The van der Waals surface area contributed by atoms with Crippen molar-refractivity contribution in [2.45, 2.75) is 13.8 Å². The Balaban J connectivity index is 2.25. The van der Waals surface area contributed by atoms with Gasteiger partial charge in [-0.1, -0.05) is 18.2 Å². The van der Waals surface area contributed by atoms with Crippen LogP contribution in [0.1, 0.15) is 21.5 Å². The zero-order chi connectivity index (χ0) is 14.7. The van der Waals surface area contributed by atoms with E-state index in [4.69, 9.17) is 0 Å². The topological polar surface area (TPSA) is 85.1 Å². The molecule has 6 heteroatoms.